The van der Waals surface area contributed by atoms with Crippen molar-refractivity contribution in [3.05, 3.63) is 23.3 Å². The Morgan fingerprint density at radius 1 is 1.18 bits per heavy atom. The number of rotatable bonds is 1. The molecule has 2 fully saturated rings. The van der Waals surface area contributed by atoms with Gasteiger partial charge in [-0.05, 0) is 50.6 Å². The molecule has 3 heterocycles. The highest BCUT2D eigenvalue weighted by molar-refractivity contribution is 5.96. The first-order chi connectivity index (χ1) is 10.6. The van der Waals surface area contributed by atoms with Gasteiger partial charge in [-0.1, -0.05) is 0 Å². The Morgan fingerprint density at radius 2 is 1.91 bits per heavy atom. The molecule has 1 aromatic rings. The van der Waals surface area contributed by atoms with E-state index in [1.807, 2.05) is 24.0 Å². The Kier molecular flexibility index (Phi) is 3.26. The molecule has 0 bridgehead atoms. The molecular formula is C17H22N2O3. The fourth-order valence-electron chi connectivity index (χ4n) is 3.93. The molecular weight excluding hydrogens is 280 g/mol. The Hall–Kier alpha value is -1.75. The third-order valence-corrected chi connectivity index (χ3v) is 5.23. The van der Waals surface area contributed by atoms with Gasteiger partial charge >= 0.3 is 0 Å². The number of amides is 1. The largest absolute Gasteiger partial charge is 0.486 e. The van der Waals surface area contributed by atoms with E-state index >= 15 is 0 Å². The van der Waals surface area contributed by atoms with Gasteiger partial charge in [0.2, 0.25) is 0 Å². The van der Waals surface area contributed by atoms with Crippen LogP contribution in [0, 0.1) is 12.8 Å². The molecule has 1 aromatic carbocycles. The fourth-order valence-corrected chi connectivity index (χ4v) is 3.93. The van der Waals surface area contributed by atoms with Crippen LogP contribution in [0.4, 0.5) is 0 Å². The first-order valence-electron chi connectivity index (χ1n) is 8.03. The lowest BCUT2D eigenvalue weighted by Crippen LogP contribution is -2.35. The summed E-state index contributed by atoms with van der Waals surface area (Å²) < 4.78 is 11.2. The maximum Gasteiger partial charge on any atom is 0.254 e. The summed E-state index contributed by atoms with van der Waals surface area (Å²) in [6.07, 6.45) is 1.20. The van der Waals surface area contributed by atoms with Crippen molar-refractivity contribution in [2.75, 3.05) is 39.9 Å². The van der Waals surface area contributed by atoms with Gasteiger partial charge in [-0.25, -0.2) is 0 Å². The van der Waals surface area contributed by atoms with Crippen LogP contribution >= 0.6 is 0 Å². The molecule has 0 radical (unpaired) electrons. The molecule has 118 valence electrons. The van der Waals surface area contributed by atoms with Gasteiger partial charge in [0.05, 0.1) is 0 Å². The normalized spacial score (nSPS) is 27.1. The van der Waals surface area contributed by atoms with E-state index in [1.165, 1.54) is 6.42 Å². The number of hydrogen-bond acceptors (Lipinski definition) is 4. The summed E-state index contributed by atoms with van der Waals surface area (Å²) in [7, 11) is 2.16. The number of carbonyl (C=O) groups is 1. The number of carbonyl (C=O) groups excluding carboxylic acids is 1. The fraction of sp³-hybridized carbons (Fsp3) is 0.588. The zero-order valence-electron chi connectivity index (χ0n) is 13.2. The highest BCUT2D eigenvalue weighted by atomic mass is 16.6. The zero-order chi connectivity index (χ0) is 15.3. The van der Waals surface area contributed by atoms with Crippen LogP contribution in [-0.2, 0) is 0 Å². The van der Waals surface area contributed by atoms with Crippen molar-refractivity contribution in [3.8, 4) is 11.5 Å². The summed E-state index contributed by atoms with van der Waals surface area (Å²) in [5, 5.41) is 0. The molecule has 2 saturated heterocycles. The van der Waals surface area contributed by atoms with Crippen LogP contribution in [0.15, 0.2) is 12.1 Å². The average Bonchev–Trinajstić information content (AvgIpc) is 3.08. The van der Waals surface area contributed by atoms with Crippen LogP contribution in [0.2, 0.25) is 0 Å². The second-order valence-corrected chi connectivity index (χ2v) is 6.62. The number of ether oxygens (including phenoxy) is 2. The van der Waals surface area contributed by atoms with Crippen LogP contribution in [0.1, 0.15) is 22.3 Å². The van der Waals surface area contributed by atoms with Crippen molar-refractivity contribution in [3.63, 3.8) is 0 Å². The molecule has 0 saturated carbocycles. The smallest absolute Gasteiger partial charge is 0.254 e. The number of fused-ring (bicyclic) bond motifs is 2. The molecule has 3 aliphatic rings. The summed E-state index contributed by atoms with van der Waals surface area (Å²) in [5.74, 6) is 2.19. The third kappa shape index (κ3) is 2.15. The van der Waals surface area contributed by atoms with E-state index in [4.69, 9.17) is 9.47 Å². The minimum Gasteiger partial charge on any atom is -0.486 e. The van der Waals surface area contributed by atoms with Crippen molar-refractivity contribution in [2.24, 2.45) is 5.92 Å². The molecule has 1 amide bonds. The molecule has 3 aliphatic heterocycles. The lowest BCUT2D eigenvalue weighted by Gasteiger charge is -2.23. The van der Waals surface area contributed by atoms with E-state index < -0.39 is 0 Å². The topological polar surface area (TPSA) is 42.0 Å². The molecule has 22 heavy (non-hydrogen) atoms. The van der Waals surface area contributed by atoms with Gasteiger partial charge in [-0.3, -0.25) is 4.79 Å². The summed E-state index contributed by atoms with van der Waals surface area (Å²) in [6.45, 7) is 5.95. The van der Waals surface area contributed by atoms with Crippen molar-refractivity contribution in [1.29, 1.82) is 0 Å². The Balaban J connectivity index is 1.58. The molecule has 0 N–H and O–H groups in total. The van der Waals surface area contributed by atoms with Crippen molar-refractivity contribution < 1.29 is 14.3 Å². The number of aryl methyl sites for hydroxylation is 1. The van der Waals surface area contributed by atoms with E-state index in [0.717, 1.165) is 36.5 Å². The van der Waals surface area contributed by atoms with Gasteiger partial charge in [0, 0.05) is 24.7 Å². The van der Waals surface area contributed by atoms with E-state index in [-0.39, 0.29) is 5.91 Å². The molecule has 0 aliphatic carbocycles. The summed E-state index contributed by atoms with van der Waals surface area (Å²) in [5.41, 5.74) is 1.70. The Morgan fingerprint density at radius 3 is 2.64 bits per heavy atom. The maximum absolute atomic E-state index is 12.9. The van der Waals surface area contributed by atoms with Gasteiger partial charge in [-0.2, -0.15) is 0 Å². The number of benzene rings is 1. The van der Waals surface area contributed by atoms with Crippen LogP contribution in [0.5, 0.6) is 11.5 Å². The molecule has 0 aromatic heterocycles. The lowest BCUT2D eigenvalue weighted by atomic mass is 10.1. The van der Waals surface area contributed by atoms with E-state index in [0.29, 0.717) is 30.9 Å². The summed E-state index contributed by atoms with van der Waals surface area (Å²) in [6, 6.07) is 4.30. The Bertz CT molecular complexity index is 616. The van der Waals surface area contributed by atoms with E-state index in [1.54, 1.807) is 0 Å². The zero-order valence-corrected chi connectivity index (χ0v) is 13.2. The predicted octanol–water partition coefficient (Wildman–Crippen LogP) is 1.54. The SMILES string of the molecule is Cc1cc2c(cc1C(=O)N1C[C@H]3CCN(C)[C@H]3C1)OCCO2. The summed E-state index contributed by atoms with van der Waals surface area (Å²) >= 11 is 0. The second-order valence-electron chi connectivity index (χ2n) is 6.62. The lowest BCUT2D eigenvalue weighted by molar-refractivity contribution is 0.0772. The standard InChI is InChI=1S/C17H22N2O3/c1-11-7-15-16(22-6-5-21-15)8-13(11)17(20)19-9-12-3-4-18(2)14(12)10-19/h7-8,12,14H,3-6,9-10H2,1-2H3/t12-,14+/m1/s1. The monoisotopic (exact) mass is 302 g/mol. The first kappa shape index (κ1) is 13.9. The maximum atomic E-state index is 12.9. The van der Waals surface area contributed by atoms with Crippen LogP contribution in [0.25, 0.3) is 0 Å². The predicted molar refractivity (Wildman–Crippen MR) is 82.6 cm³/mol. The van der Waals surface area contributed by atoms with Gasteiger partial charge in [-0.15, -0.1) is 0 Å². The molecule has 2 atom stereocenters. The van der Waals surface area contributed by atoms with Gasteiger partial charge in [0.1, 0.15) is 13.2 Å². The van der Waals surface area contributed by atoms with E-state index in [9.17, 15) is 4.79 Å². The molecule has 0 spiro atoms. The van der Waals surface area contributed by atoms with Gasteiger partial charge < -0.3 is 19.3 Å². The van der Waals surface area contributed by atoms with Crippen LogP contribution in [0.3, 0.4) is 0 Å². The average molecular weight is 302 g/mol. The number of likely N-dealkylation sites (tertiary alicyclic amines) is 2. The highest BCUT2D eigenvalue weighted by Gasteiger charge is 2.41. The van der Waals surface area contributed by atoms with Crippen molar-refractivity contribution in [1.82, 2.24) is 9.80 Å². The minimum absolute atomic E-state index is 0.122. The molecule has 5 nitrogen and oxygen atoms in total. The second kappa shape index (κ2) is 5.16. The molecule has 5 heteroatoms. The van der Waals surface area contributed by atoms with Gasteiger partial charge in [0.25, 0.3) is 5.91 Å². The molecule has 0 unspecified atom stereocenters. The van der Waals surface area contributed by atoms with Crippen LogP contribution < -0.4 is 9.47 Å². The third-order valence-electron chi connectivity index (χ3n) is 5.23. The van der Waals surface area contributed by atoms with Crippen molar-refractivity contribution >= 4 is 5.91 Å². The highest BCUT2D eigenvalue weighted by Crippen LogP contribution is 2.35. The van der Waals surface area contributed by atoms with Crippen LogP contribution in [-0.4, -0.2) is 61.6 Å². The number of hydrogen-bond donors (Lipinski definition) is 0. The van der Waals surface area contributed by atoms with E-state index in [2.05, 4.69) is 11.9 Å². The van der Waals surface area contributed by atoms with Crippen molar-refractivity contribution in [2.45, 2.75) is 19.4 Å². The summed E-state index contributed by atoms with van der Waals surface area (Å²) in [4.78, 5) is 17.3. The Labute approximate surface area is 130 Å². The molecule has 4 rings (SSSR count). The first-order valence-corrected chi connectivity index (χ1v) is 8.03. The minimum atomic E-state index is 0.122. The number of likely N-dealkylation sites (N-methyl/N-ethyl adjacent to an activating group) is 1. The van der Waals surface area contributed by atoms with Gasteiger partial charge in [0.15, 0.2) is 11.5 Å². The number of nitrogens with zero attached hydrogens (tertiary/aromatic N) is 2. The quantitative estimate of drug-likeness (QED) is 0.789.